The Kier molecular flexibility index (Phi) is 11.6. The van der Waals surface area contributed by atoms with Gasteiger partial charge in [-0.3, -0.25) is 0 Å². The predicted molar refractivity (Wildman–Crippen MR) is 91.2 cm³/mol. The fraction of sp³-hybridized carbons (Fsp3) is 1.00. The maximum Gasteiger partial charge on any atom is 0.558 e. The summed E-state index contributed by atoms with van der Waals surface area (Å²) in [7, 11) is 7.07. The zero-order valence-electron chi connectivity index (χ0n) is 15.2. The Balaban J connectivity index is 3.86. The van der Waals surface area contributed by atoms with E-state index in [1.807, 2.05) is 0 Å². The van der Waals surface area contributed by atoms with Crippen molar-refractivity contribution in [1.29, 1.82) is 0 Å². The highest BCUT2D eigenvalue weighted by molar-refractivity contribution is 6.60. The molecule has 0 N–H and O–H groups in total. The Labute approximate surface area is 133 Å². The molecule has 4 nitrogen and oxygen atoms in total. The fourth-order valence-electron chi connectivity index (χ4n) is 2.72. The van der Waals surface area contributed by atoms with Gasteiger partial charge in [-0.25, -0.2) is 0 Å². The minimum absolute atomic E-state index is 0.826. The van der Waals surface area contributed by atoms with Crippen LogP contribution in [0.2, 0.25) is 0 Å². The molecule has 0 saturated heterocycles. The van der Waals surface area contributed by atoms with Crippen LogP contribution in [0.3, 0.4) is 0 Å². The minimum atomic E-state index is -2.47. The van der Waals surface area contributed by atoms with Gasteiger partial charge in [-0.15, -0.1) is 0 Å². The van der Waals surface area contributed by atoms with E-state index in [0.29, 0.717) is 0 Å². The molecule has 0 fully saturated rings. The van der Waals surface area contributed by atoms with Crippen molar-refractivity contribution in [2.24, 2.45) is 0 Å². The third-order valence-electron chi connectivity index (χ3n) is 4.17. The first kappa shape index (κ1) is 21.1. The Morgan fingerprint density at radius 3 is 1.57 bits per heavy atom. The van der Waals surface area contributed by atoms with Gasteiger partial charge in [0, 0.05) is 21.3 Å². The van der Waals surface area contributed by atoms with Gasteiger partial charge in [-0.1, -0.05) is 45.4 Å². The van der Waals surface area contributed by atoms with E-state index in [0.717, 1.165) is 17.2 Å². The highest BCUT2D eigenvalue weighted by Gasteiger charge is 2.45. The normalized spacial score (nSPS) is 12.9. The second-order valence-electron chi connectivity index (χ2n) is 6.59. The van der Waals surface area contributed by atoms with Crippen molar-refractivity contribution in [3.63, 3.8) is 0 Å². The third-order valence-corrected chi connectivity index (χ3v) is 7.28. The van der Waals surface area contributed by atoms with Crippen LogP contribution in [-0.2, 0) is 13.3 Å². The molecule has 0 atom stereocenters. The highest BCUT2D eigenvalue weighted by Crippen LogP contribution is 2.15. The van der Waals surface area contributed by atoms with Crippen molar-refractivity contribution in [3.05, 3.63) is 0 Å². The molecule has 0 aromatic heterocycles. The van der Waals surface area contributed by atoms with Crippen molar-refractivity contribution >= 4 is 8.80 Å². The predicted octanol–water partition coefficient (Wildman–Crippen LogP) is 3.62. The molecule has 0 aromatic rings. The molecule has 0 rings (SSSR count). The van der Waals surface area contributed by atoms with Crippen LogP contribution in [0.15, 0.2) is 0 Å². The molecule has 0 bridgehead atoms. The number of nitrogens with zero attached hydrogens (tertiary/aromatic N) is 1. The van der Waals surface area contributed by atoms with Crippen molar-refractivity contribution in [2.45, 2.75) is 58.3 Å². The average molecular weight is 321 g/mol. The number of hydrogen-bond acceptors (Lipinski definition) is 3. The van der Waals surface area contributed by atoms with Gasteiger partial charge >= 0.3 is 8.80 Å². The van der Waals surface area contributed by atoms with Crippen molar-refractivity contribution in [3.8, 4) is 0 Å². The standard InChI is InChI=1S/C16H38NO3Si/c1-7-8-9-10-11-12-13-14-15-17(2,3)16-21(18-4,19-5)20-6/h7-16H2,1-6H3/q+1. The van der Waals surface area contributed by atoms with Crippen LogP contribution in [-0.4, -0.2) is 61.4 Å². The summed E-state index contributed by atoms with van der Waals surface area (Å²) in [5.41, 5.74) is 0. The largest absolute Gasteiger partial charge is 0.558 e. The highest BCUT2D eigenvalue weighted by atomic mass is 28.4. The van der Waals surface area contributed by atoms with Gasteiger partial charge in [0.05, 0.1) is 20.6 Å². The first-order chi connectivity index (χ1) is 9.95. The summed E-state index contributed by atoms with van der Waals surface area (Å²) in [6, 6.07) is 0. The van der Waals surface area contributed by atoms with E-state index in [1.165, 1.54) is 51.4 Å². The van der Waals surface area contributed by atoms with Crippen LogP contribution >= 0.6 is 0 Å². The van der Waals surface area contributed by atoms with Gasteiger partial charge in [0.15, 0.2) is 0 Å². The van der Waals surface area contributed by atoms with E-state index in [1.54, 1.807) is 21.3 Å². The lowest BCUT2D eigenvalue weighted by molar-refractivity contribution is -0.882. The molecule has 0 aliphatic heterocycles. The molecule has 0 amide bonds. The second-order valence-corrected chi connectivity index (χ2v) is 9.49. The fourth-order valence-corrected chi connectivity index (χ4v) is 4.81. The van der Waals surface area contributed by atoms with Gasteiger partial charge < -0.3 is 17.8 Å². The van der Waals surface area contributed by atoms with Crippen LogP contribution in [0.25, 0.3) is 0 Å². The Morgan fingerprint density at radius 2 is 1.14 bits per heavy atom. The third kappa shape index (κ3) is 9.63. The molecule has 5 heteroatoms. The molecule has 0 saturated carbocycles. The molecule has 0 aromatic carbocycles. The van der Waals surface area contributed by atoms with Crippen molar-refractivity contribution in [2.75, 3.05) is 48.1 Å². The monoisotopic (exact) mass is 320 g/mol. The maximum atomic E-state index is 5.53. The molecule has 0 heterocycles. The van der Waals surface area contributed by atoms with Gasteiger partial charge in [-0.2, -0.15) is 0 Å². The number of quaternary nitrogens is 1. The van der Waals surface area contributed by atoms with Gasteiger partial charge in [0.1, 0.15) is 6.17 Å². The minimum Gasteiger partial charge on any atom is -0.374 e. The molecule has 0 radical (unpaired) electrons. The Morgan fingerprint density at radius 1 is 0.714 bits per heavy atom. The van der Waals surface area contributed by atoms with Crippen molar-refractivity contribution in [1.82, 2.24) is 0 Å². The molecule has 0 aliphatic rings. The summed E-state index contributed by atoms with van der Waals surface area (Å²) in [6.45, 7) is 3.42. The van der Waals surface area contributed by atoms with Crippen LogP contribution in [0.5, 0.6) is 0 Å². The summed E-state index contributed by atoms with van der Waals surface area (Å²) in [6.07, 6.45) is 11.7. The molecule has 0 unspecified atom stereocenters. The van der Waals surface area contributed by atoms with Crippen LogP contribution < -0.4 is 0 Å². The number of hydrogen-bond donors (Lipinski definition) is 0. The summed E-state index contributed by atoms with van der Waals surface area (Å²) in [4.78, 5) is 0. The zero-order chi connectivity index (χ0) is 16.2. The lowest BCUT2D eigenvalue weighted by atomic mass is 10.1. The van der Waals surface area contributed by atoms with Crippen LogP contribution in [0.4, 0.5) is 0 Å². The maximum absolute atomic E-state index is 5.53. The molecular formula is C16H38NO3Si+. The summed E-state index contributed by atoms with van der Waals surface area (Å²) in [5.74, 6) is 0. The first-order valence-corrected chi connectivity index (χ1v) is 10.4. The van der Waals surface area contributed by atoms with E-state index in [4.69, 9.17) is 13.3 Å². The van der Waals surface area contributed by atoms with Crippen LogP contribution in [0, 0.1) is 0 Å². The van der Waals surface area contributed by atoms with E-state index < -0.39 is 8.80 Å². The lowest BCUT2D eigenvalue weighted by Crippen LogP contribution is -2.59. The summed E-state index contributed by atoms with van der Waals surface area (Å²) in [5, 5.41) is 0. The summed E-state index contributed by atoms with van der Waals surface area (Å²) >= 11 is 0. The second kappa shape index (κ2) is 11.6. The molecule has 0 spiro atoms. The zero-order valence-corrected chi connectivity index (χ0v) is 16.2. The first-order valence-electron chi connectivity index (χ1n) is 8.42. The molecule has 21 heavy (non-hydrogen) atoms. The Hall–Kier alpha value is 0.0569. The quantitative estimate of drug-likeness (QED) is 0.278. The van der Waals surface area contributed by atoms with Crippen molar-refractivity contribution < 1.29 is 17.8 Å². The van der Waals surface area contributed by atoms with Gasteiger partial charge in [0.25, 0.3) is 0 Å². The van der Waals surface area contributed by atoms with Crippen LogP contribution in [0.1, 0.15) is 58.3 Å². The van der Waals surface area contributed by atoms with E-state index in [2.05, 4.69) is 21.0 Å². The molecule has 128 valence electrons. The molecule has 0 aliphatic carbocycles. The number of rotatable bonds is 14. The van der Waals surface area contributed by atoms with E-state index >= 15 is 0 Å². The van der Waals surface area contributed by atoms with E-state index in [-0.39, 0.29) is 0 Å². The lowest BCUT2D eigenvalue weighted by Gasteiger charge is -2.35. The summed E-state index contributed by atoms with van der Waals surface area (Å²) < 4.78 is 17.5. The SMILES string of the molecule is CCCCCCCCCC[N+](C)(C)C[Si](OC)(OC)OC. The van der Waals surface area contributed by atoms with Gasteiger partial charge in [0.2, 0.25) is 0 Å². The Bertz CT molecular complexity index is 237. The topological polar surface area (TPSA) is 27.7 Å². The van der Waals surface area contributed by atoms with E-state index in [9.17, 15) is 0 Å². The number of unbranched alkanes of at least 4 members (excludes halogenated alkanes) is 7. The smallest absolute Gasteiger partial charge is 0.374 e. The molecular weight excluding hydrogens is 282 g/mol. The van der Waals surface area contributed by atoms with Gasteiger partial charge in [-0.05, 0) is 12.8 Å². The average Bonchev–Trinajstić information content (AvgIpc) is 2.47.